The molecule has 266 valence electrons. The Bertz CT molecular complexity index is 1330. The van der Waals surface area contributed by atoms with Crippen molar-refractivity contribution >= 4 is 5.97 Å². The van der Waals surface area contributed by atoms with Crippen LogP contribution in [0, 0.1) is 62.1 Å². The molecule has 0 aromatic heterocycles. The quantitative estimate of drug-likeness (QED) is 0.207. The van der Waals surface area contributed by atoms with E-state index in [-0.39, 0.29) is 45.1 Å². The van der Waals surface area contributed by atoms with Gasteiger partial charge in [0.2, 0.25) is 0 Å². The van der Waals surface area contributed by atoms with Gasteiger partial charge in [-0.15, -0.1) is 0 Å². The van der Waals surface area contributed by atoms with Crippen LogP contribution in [0.2, 0.25) is 0 Å². The Kier molecular flexibility index (Phi) is 7.69. The molecule has 1 saturated heterocycles. The number of aliphatic hydroxyl groups excluding tert-OH is 4. The van der Waals surface area contributed by atoms with Gasteiger partial charge in [0.25, 0.3) is 0 Å². The van der Waals surface area contributed by atoms with Crippen LogP contribution >= 0.6 is 0 Å². The van der Waals surface area contributed by atoms with Gasteiger partial charge in [0, 0.05) is 17.8 Å². The lowest BCUT2D eigenvalue weighted by Crippen LogP contribution is -2.71. The fraction of sp³-hybridized carbons (Fsp3) is 0.923. The fourth-order valence-electron chi connectivity index (χ4n) is 14.0. The zero-order valence-electron chi connectivity index (χ0n) is 30.1. The second kappa shape index (κ2) is 10.5. The Labute approximate surface area is 281 Å². The minimum atomic E-state index is -1.83. The Morgan fingerprint density at radius 3 is 2.30 bits per heavy atom. The molecule has 0 spiro atoms. The summed E-state index contributed by atoms with van der Waals surface area (Å²) in [6.07, 6.45) is 8.07. The third-order valence-electron chi connectivity index (χ3n) is 16.9. The summed E-state index contributed by atoms with van der Waals surface area (Å²) in [4.78, 5) is 12.0. The van der Waals surface area contributed by atoms with E-state index >= 15 is 0 Å². The van der Waals surface area contributed by atoms with E-state index in [1.54, 1.807) is 0 Å². The third-order valence-corrected chi connectivity index (χ3v) is 16.9. The maximum absolute atomic E-state index is 12.4. The van der Waals surface area contributed by atoms with Crippen LogP contribution in [0.15, 0.2) is 11.6 Å². The largest absolute Gasteiger partial charge is 0.462 e. The molecule has 0 aromatic carbocycles. The van der Waals surface area contributed by atoms with E-state index in [4.69, 9.17) is 9.47 Å². The summed E-state index contributed by atoms with van der Waals surface area (Å²) in [6, 6.07) is 0. The number of rotatable bonds is 4. The molecule has 6 aliphatic carbocycles. The third kappa shape index (κ3) is 4.30. The molecule has 0 amide bonds. The highest BCUT2D eigenvalue weighted by molar-refractivity contribution is 5.66. The fourth-order valence-corrected chi connectivity index (χ4v) is 14.0. The first kappa shape index (κ1) is 34.4. The SMILES string of the molecule is CC(=O)O[C@H]1CC[C@@]2(C)C(CC[C@]3(C)C2CC=C2C4CC(C)(C)CC[C@]4([C@H](O)[C@H]4OC5(O)C(CO)[C@@H](O)C(O)C45)CC[C@]23C)C1(C)C. The van der Waals surface area contributed by atoms with Crippen molar-refractivity contribution in [2.24, 2.45) is 62.1 Å². The predicted molar refractivity (Wildman–Crippen MR) is 177 cm³/mol. The van der Waals surface area contributed by atoms with Crippen LogP contribution in [-0.2, 0) is 14.3 Å². The number of esters is 1. The zero-order chi connectivity index (χ0) is 34.3. The molecule has 5 saturated carbocycles. The summed E-state index contributed by atoms with van der Waals surface area (Å²) in [7, 11) is 0. The maximum atomic E-state index is 12.4. The lowest BCUT2D eigenvalue weighted by atomic mass is 9.33. The summed E-state index contributed by atoms with van der Waals surface area (Å²) in [5.74, 6) is -2.73. The van der Waals surface area contributed by atoms with Crippen molar-refractivity contribution in [1.82, 2.24) is 0 Å². The molecule has 1 aliphatic heterocycles. The van der Waals surface area contributed by atoms with Crippen molar-refractivity contribution in [2.75, 3.05) is 6.61 Å². The molecule has 6 fully saturated rings. The average Bonchev–Trinajstić information content (AvgIpc) is 3.10. The second-order valence-corrected chi connectivity index (χ2v) is 19.5. The number of carbonyl (C=O) groups excluding carboxylic acids is 1. The van der Waals surface area contributed by atoms with Crippen molar-refractivity contribution in [2.45, 2.75) is 156 Å². The second-order valence-electron chi connectivity index (χ2n) is 19.5. The topological polar surface area (TPSA) is 137 Å². The molecule has 7 unspecified atom stereocenters. The molecule has 0 radical (unpaired) electrons. The Morgan fingerprint density at radius 2 is 1.64 bits per heavy atom. The smallest absolute Gasteiger partial charge is 0.302 e. The number of hydrogen-bond acceptors (Lipinski definition) is 8. The van der Waals surface area contributed by atoms with Crippen molar-refractivity contribution in [3.63, 3.8) is 0 Å². The lowest BCUT2D eigenvalue weighted by Gasteiger charge is -2.72. The van der Waals surface area contributed by atoms with Crippen LogP contribution in [0.3, 0.4) is 0 Å². The van der Waals surface area contributed by atoms with Gasteiger partial charge in [-0.1, -0.05) is 60.1 Å². The van der Waals surface area contributed by atoms with Crippen LogP contribution in [0.25, 0.3) is 0 Å². The number of carbonyl (C=O) groups is 1. The molecule has 7 aliphatic rings. The van der Waals surface area contributed by atoms with Gasteiger partial charge in [0.15, 0.2) is 5.79 Å². The van der Waals surface area contributed by atoms with Crippen LogP contribution in [0.4, 0.5) is 0 Å². The predicted octanol–water partition coefficient (Wildman–Crippen LogP) is 5.13. The van der Waals surface area contributed by atoms with Gasteiger partial charge in [-0.3, -0.25) is 4.79 Å². The first-order valence-corrected chi connectivity index (χ1v) is 18.7. The van der Waals surface area contributed by atoms with Crippen LogP contribution in [0.1, 0.15) is 120 Å². The molecule has 47 heavy (non-hydrogen) atoms. The van der Waals surface area contributed by atoms with Crippen LogP contribution in [-0.4, -0.2) is 74.4 Å². The Balaban J connectivity index is 1.24. The number of hydrogen-bond donors (Lipinski definition) is 5. The van der Waals surface area contributed by atoms with Crippen molar-refractivity contribution < 1.29 is 39.8 Å². The van der Waals surface area contributed by atoms with Crippen LogP contribution in [0.5, 0.6) is 0 Å². The molecule has 0 bridgehead atoms. The summed E-state index contributed by atoms with van der Waals surface area (Å²) in [5, 5.41) is 55.3. The highest BCUT2D eigenvalue weighted by Crippen LogP contribution is 2.76. The summed E-state index contributed by atoms with van der Waals surface area (Å²) >= 11 is 0. The molecule has 5 N–H and O–H groups in total. The molecular weight excluding hydrogens is 596 g/mol. The Morgan fingerprint density at radius 1 is 0.957 bits per heavy atom. The van der Waals surface area contributed by atoms with Gasteiger partial charge in [-0.05, 0) is 104 Å². The van der Waals surface area contributed by atoms with E-state index in [1.807, 2.05) is 0 Å². The standard InChI is InChI=1S/C39H62O8/c1-21(41)46-27-12-13-35(6)25(34(27,4)5)11-14-37(8)26(35)10-9-22-23-19-33(2,3)15-17-38(23,18-16-36(22,37)7)32(44)31-28-30(43)29(42)24(20-40)39(28,45)47-31/h9,23-32,40,42-45H,10-20H2,1-8H3/t23?,24?,25?,26?,27-,28?,29+,30?,31-,32+,35-,36+,37+,38-,39?/m0/s1. The number of fused-ring (bicyclic) bond motifs is 8. The first-order chi connectivity index (χ1) is 21.7. The molecule has 1 heterocycles. The minimum absolute atomic E-state index is 0.0334. The Hall–Kier alpha value is -1.03. The first-order valence-electron chi connectivity index (χ1n) is 18.7. The monoisotopic (exact) mass is 658 g/mol. The maximum Gasteiger partial charge on any atom is 0.302 e. The van der Waals surface area contributed by atoms with Gasteiger partial charge in [-0.2, -0.15) is 0 Å². The highest BCUT2D eigenvalue weighted by atomic mass is 16.7. The molecule has 8 nitrogen and oxygen atoms in total. The normalized spacial score (nSPS) is 54.7. The molecule has 0 aromatic rings. The molecule has 7 rings (SSSR count). The van der Waals surface area contributed by atoms with E-state index in [1.165, 1.54) is 12.5 Å². The van der Waals surface area contributed by atoms with E-state index in [2.05, 4.69) is 54.5 Å². The minimum Gasteiger partial charge on any atom is -0.462 e. The lowest BCUT2D eigenvalue weighted by molar-refractivity contribution is -0.404. The van der Waals surface area contributed by atoms with Gasteiger partial charge in [-0.25, -0.2) is 0 Å². The molecule has 15 atom stereocenters. The van der Waals surface area contributed by atoms with Gasteiger partial charge >= 0.3 is 5.97 Å². The van der Waals surface area contributed by atoms with E-state index < -0.39 is 54.1 Å². The van der Waals surface area contributed by atoms with E-state index in [0.29, 0.717) is 11.8 Å². The van der Waals surface area contributed by atoms with E-state index in [0.717, 1.165) is 64.2 Å². The van der Waals surface area contributed by atoms with Gasteiger partial charge < -0.3 is 35.0 Å². The number of ether oxygens (including phenoxy) is 2. The average molecular weight is 659 g/mol. The number of aliphatic hydroxyl groups is 5. The summed E-state index contributed by atoms with van der Waals surface area (Å²) in [6.45, 7) is 18.0. The van der Waals surface area contributed by atoms with Crippen LogP contribution < -0.4 is 0 Å². The van der Waals surface area contributed by atoms with Crippen molar-refractivity contribution in [3.8, 4) is 0 Å². The van der Waals surface area contributed by atoms with Gasteiger partial charge in [0.1, 0.15) is 6.10 Å². The zero-order valence-corrected chi connectivity index (χ0v) is 30.1. The summed E-state index contributed by atoms with van der Waals surface area (Å²) < 4.78 is 12.0. The van der Waals surface area contributed by atoms with Gasteiger partial charge in [0.05, 0.1) is 42.9 Å². The van der Waals surface area contributed by atoms with E-state index in [9.17, 15) is 30.3 Å². The number of allylic oxidation sites excluding steroid dienone is 2. The molecular formula is C39H62O8. The summed E-state index contributed by atoms with van der Waals surface area (Å²) in [5.41, 5.74) is 1.24. The molecule has 8 heteroatoms. The van der Waals surface area contributed by atoms with Crippen molar-refractivity contribution in [1.29, 1.82) is 0 Å². The van der Waals surface area contributed by atoms with Crippen molar-refractivity contribution in [3.05, 3.63) is 11.6 Å². The highest BCUT2D eigenvalue weighted by Gasteiger charge is 2.75.